The van der Waals surface area contributed by atoms with E-state index in [4.69, 9.17) is 0 Å². The van der Waals surface area contributed by atoms with Gasteiger partial charge in [-0.25, -0.2) is 0 Å². The Labute approximate surface area is 87.2 Å². The van der Waals surface area contributed by atoms with Crippen molar-refractivity contribution in [3.05, 3.63) is 23.3 Å². The Hall–Kier alpha value is 0.0383. The standard InChI is InChI=1S/C11H18.W/c1-7-9(2)8-10(3)11(4,5)6;/h3,7-8H,1-2,4-6H3;/b9-7?,10-8+;. The summed E-state index contributed by atoms with van der Waals surface area (Å²) in [7, 11) is 0. The van der Waals surface area contributed by atoms with E-state index >= 15 is 0 Å². The molecule has 0 rings (SSSR count). The van der Waals surface area contributed by atoms with Crippen molar-refractivity contribution >= 4 is 4.40 Å². The van der Waals surface area contributed by atoms with Gasteiger partial charge >= 0.3 is 87.1 Å². The van der Waals surface area contributed by atoms with Gasteiger partial charge in [0.1, 0.15) is 0 Å². The van der Waals surface area contributed by atoms with Gasteiger partial charge in [0.2, 0.25) is 0 Å². The molecule has 68 valence electrons. The quantitative estimate of drug-likeness (QED) is 0.680. The van der Waals surface area contributed by atoms with Crippen molar-refractivity contribution in [3.63, 3.8) is 0 Å². The summed E-state index contributed by atoms with van der Waals surface area (Å²) in [5, 5.41) is 0. The molecule has 0 fully saturated rings. The molecule has 0 atom stereocenters. The second-order valence-electron chi connectivity index (χ2n) is 4.00. The molecule has 0 amide bonds. The maximum atomic E-state index is 2.27. The maximum absolute atomic E-state index is 2.27. The molecular formula is C11H18W. The van der Waals surface area contributed by atoms with Gasteiger partial charge in [-0.05, 0) is 0 Å². The molecule has 0 aromatic carbocycles. The van der Waals surface area contributed by atoms with Crippen LogP contribution < -0.4 is 0 Å². The molecule has 0 saturated carbocycles. The van der Waals surface area contributed by atoms with Gasteiger partial charge in [0.05, 0.1) is 0 Å². The number of allylic oxidation sites excluding steroid dienone is 4. The van der Waals surface area contributed by atoms with Gasteiger partial charge < -0.3 is 0 Å². The van der Waals surface area contributed by atoms with Crippen LogP contribution in [0.4, 0.5) is 0 Å². The van der Waals surface area contributed by atoms with E-state index in [-0.39, 0.29) is 5.41 Å². The molecule has 0 bridgehead atoms. The van der Waals surface area contributed by atoms with E-state index in [9.17, 15) is 0 Å². The van der Waals surface area contributed by atoms with E-state index in [1.54, 1.807) is 0 Å². The van der Waals surface area contributed by atoms with Crippen LogP contribution in [0.3, 0.4) is 0 Å². The zero-order chi connectivity index (χ0) is 9.78. The van der Waals surface area contributed by atoms with E-state index in [1.165, 1.54) is 30.5 Å². The van der Waals surface area contributed by atoms with Crippen LogP contribution in [0.5, 0.6) is 0 Å². The van der Waals surface area contributed by atoms with Crippen LogP contribution in [0.25, 0.3) is 0 Å². The Morgan fingerprint density at radius 3 is 2.00 bits per heavy atom. The third kappa shape index (κ3) is 4.16. The number of hydrogen-bond donors (Lipinski definition) is 0. The van der Waals surface area contributed by atoms with Gasteiger partial charge in [-0.15, -0.1) is 0 Å². The Morgan fingerprint density at radius 2 is 1.75 bits per heavy atom. The summed E-state index contributed by atoms with van der Waals surface area (Å²) in [5.74, 6) is 0. The zero-order valence-corrected chi connectivity index (χ0v) is 11.6. The van der Waals surface area contributed by atoms with Crippen molar-refractivity contribution in [2.75, 3.05) is 0 Å². The predicted octanol–water partition coefficient (Wildman–Crippen LogP) is 3.27. The molecule has 12 heavy (non-hydrogen) atoms. The van der Waals surface area contributed by atoms with E-state index in [0.717, 1.165) is 0 Å². The molecular weight excluding hydrogens is 316 g/mol. The second kappa shape index (κ2) is 4.92. The average Bonchev–Trinajstić information content (AvgIpc) is 1.97. The fourth-order valence-electron chi connectivity index (χ4n) is 0.756. The van der Waals surface area contributed by atoms with Crippen LogP contribution in [0.2, 0.25) is 0 Å². The summed E-state index contributed by atoms with van der Waals surface area (Å²) >= 11 is 1.52. The second-order valence-corrected chi connectivity index (χ2v) is 4.85. The topological polar surface area (TPSA) is 0 Å². The predicted molar refractivity (Wildman–Crippen MR) is 53.0 cm³/mol. The summed E-state index contributed by atoms with van der Waals surface area (Å²) in [6.07, 6.45) is 4.41. The Bertz CT molecular complexity index is 214. The van der Waals surface area contributed by atoms with Gasteiger partial charge in [0, 0.05) is 0 Å². The molecule has 0 heterocycles. The summed E-state index contributed by atoms with van der Waals surface area (Å²) < 4.78 is 2.27. The summed E-state index contributed by atoms with van der Waals surface area (Å²) in [6.45, 7) is 11.0. The Balaban J connectivity index is 4.80. The third-order valence-electron chi connectivity index (χ3n) is 1.83. The molecule has 0 unspecified atom stereocenters. The van der Waals surface area contributed by atoms with Crippen LogP contribution in [0, 0.1) is 5.41 Å². The molecule has 0 radical (unpaired) electrons. The van der Waals surface area contributed by atoms with Gasteiger partial charge in [0.15, 0.2) is 0 Å². The Kier molecular flexibility index (Phi) is 4.93. The Morgan fingerprint density at radius 1 is 1.25 bits per heavy atom. The summed E-state index contributed by atoms with van der Waals surface area (Å²) in [6, 6.07) is 0. The van der Waals surface area contributed by atoms with Crippen LogP contribution in [0.1, 0.15) is 34.6 Å². The average molecular weight is 334 g/mol. The van der Waals surface area contributed by atoms with Crippen molar-refractivity contribution in [2.45, 2.75) is 34.6 Å². The van der Waals surface area contributed by atoms with Gasteiger partial charge in [-0.2, -0.15) is 0 Å². The first kappa shape index (κ1) is 12.0. The van der Waals surface area contributed by atoms with Crippen LogP contribution in [-0.4, -0.2) is 4.40 Å². The van der Waals surface area contributed by atoms with Gasteiger partial charge in [0.25, 0.3) is 0 Å². The molecule has 0 spiro atoms. The molecule has 0 aromatic heterocycles. The van der Waals surface area contributed by atoms with Gasteiger partial charge in [-0.3, -0.25) is 0 Å². The van der Waals surface area contributed by atoms with Crippen LogP contribution in [-0.2, 0) is 19.4 Å². The van der Waals surface area contributed by atoms with Crippen molar-refractivity contribution in [3.8, 4) is 0 Å². The molecule has 1 heteroatoms. The molecule has 0 aliphatic heterocycles. The van der Waals surface area contributed by atoms with Gasteiger partial charge in [-0.1, -0.05) is 0 Å². The van der Waals surface area contributed by atoms with E-state index in [0.29, 0.717) is 0 Å². The van der Waals surface area contributed by atoms with Crippen LogP contribution in [0.15, 0.2) is 23.3 Å². The van der Waals surface area contributed by atoms with E-state index in [2.05, 4.69) is 51.2 Å². The molecule has 0 N–H and O–H groups in total. The fraction of sp³-hybridized carbons (Fsp3) is 0.545. The molecule has 0 aromatic rings. The zero-order valence-electron chi connectivity index (χ0n) is 8.64. The first-order chi connectivity index (χ1) is 5.41. The van der Waals surface area contributed by atoms with Crippen molar-refractivity contribution in [1.82, 2.24) is 0 Å². The minimum atomic E-state index is 0.284. The third-order valence-corrected chi connectivity index (χ3v) is 2.74. The first-order valence-electron chi connectivity index (χ1n) is 4.22. The summed E-state index contributed by atoms with van der Waals surface area (Å²) in [4.78, 5) is 0. The SMILES string of the molecule is CC=C(C)/C=C(\[CH]=[W])C(C)(C)C. The van der Waals surface area contributed by atoms with E-state index in [1.807, 2.05) is 0 Å². The number of hydrogen-bond acceptors (Lipinski definition) is 0. The first-order valence-corrected chi connectivity index (χ1v) is 5.91. The minimum absolute atomic E-state index is 0.284. The molecule has 0 saturated heterocycles. The van der Waals surface area contributed by atoms with E-state index < -0.39 is 0 Å². The van der Waals surface area contributed by atoms with Crippen molar-refractivity contribution in [1.29, 1.82) is 0 Å². The molecule has 0 aliphatic carbocycles. The number of rotatable bonds is 2. The molecule has 0 aliphatic rings. The van der Waals surface area contributed by atoms with Crippen LogP contribution >= 0.6 is 0 Å². The summed E-state index contributed by atoms with van der Waals surface area (Å²) in [5.41, 5.74) is 3.07. The van der Waals surface area contributed by atoms with Crippen molar-refractivity contribution in [2.24, 2.45) is 5.41 Å². The monoisotopic (exact) mass is 334 g/mol. The fourth-order valence-corrected chi connectivity index (χ4v) is 2.27. The normalized spacial score (nSPS) is 14.8. The molecule has 0 nitrogen and oxygen atoms in total. The van der Waals surface area contributed by atoms with Crippen molar-refractivity contribution < 1.29 is 19.4 Å².